The lowest BCUT2D eigenvalue weighted by atomic mass is 10.2. The van der Waals surface area contributed by atoms with Crippen molar-refractivity contribution in [3.63, 3.8) is 0 Å². The van der Waals surface area contributed by atoms with Crippen molar-refractivity contribution in [2.75, 3.05) is 32.8 Å². The molecule has 0 unspecified atom stereocenters. The average molecular weight is 306 g/mol. The molecular formula is C17H26N2O3. The van der Waals surface area contributed by atoms with Crippen molar-refractivity contribution in [2.45, 2.75) is 32.6 Å². The molecule has 22 heavy (non-hydrogen) atoms. The van der Waals surface area contributed by atoms with Crippen LogP contribution in [0.1, 0.15) is 19.4 Å². The molecule has 0 spiro atoms. The minimum absolute atomic E-state index is 0.0592. The summed E-state index contributed by atoms with van der Waals surface area (Å²) in [6.45, 7) is 8.41. The van der Waals surface area contributed by atoms with E-state index in [0.29, 0.717) is 19.2 Å². The SMILES string of the molecule is C[C@H](CNC(=O)[C@@H](C)OCc1ccccc1)N1CCOCC1. The lowest BCUT2D eigenvalue weighted by Gasteiger charge is -2.32. The summed E-state index contributed by atoms with van der Waals surface area (Å²) in [5, 5.41) is 2.97. The Morgan fingerprint density at radius 3 is 2.64 bits per heavy atom. The van der Waals surface area contributed by atoms with Crippen LogP contribution in [0.4, 0.5) is 0 Å². The van der Waals surface area contributed by atoms with Gasteiger partial charge in [0.15, 0.2) is 0 Å². The molecule has 1 fully saturated rings. The summed E-state index contributed by atoms with van der Waals surface area (Å²) in [5.74, 6) is -0.0592. The summed E-state index contributed by atoms with van der Waals surface area (Å²) in [6, 6.07) is 10.2. The monoisotopic (exact) mass is 306 g/mol. The molecule has 1 heterocycles. The van der Waals surface area contributed by atoms with Gasteiger partial charge in [0, 0.05) is 25.7 Å². The summed E-state index contributed by atoms with van der Waals surface area (Å²) in [6.07, 6.45) is -0.447. The molecule has 1 aromatic rings. The van der Waals surface area contributed by atoms with Gasteiger partial charge in [0.1, 0.15) is 6.10 Å². The first-order valence-electron chi connectivity index (χ1n) is 7.92. The number of morpholine rings is 1. The zero-order valence-corrected chi connectivity index (χ0v) is 13.5. The molecule has 0 radical (unpaired) electrons. The lowest BCUT2D eigenvalue weighted by Crippen LogP contribution is -2.48. The third kappa shape index (κ3) is 5.40. The fourth-order valence-corrected chi connectivity index (χ4v) is 2.41. The van der Waals surface area contributed by atoms with E-state index in [0.717, 1.165) is 31.9 Å². The topological polar surface area (TPSA) is 50.8 Å². The Bertz CT molecular complexity index is 446. The number of hydrogen-bond acceptors (Lipinski definition) is 4. The van der Waals surface area contributed by atoms with Crippen molar-refractivity contribution in [3.8, 4) is 0 Å². The molecule has 0 saturated carbocycles. The van der Waals surface area contributed by atoms with E-state index >= 15 is 0 Å². The Kier molecular flexibility index (Phi) is 6.83. The lowest BCUT2D eigenvalue weighted by molar-refractivity contribution is -0.132. The van der Waals surface area contributed by atoms with Crippen LogP contribution in [-0.4, -0.2) is 55.8 Å². The van der Waals surface area contributed by atoms with Gasteiger partial charge in [0.25, 0.3) is 0 Å². The van der Waals surface area contributed by atoms with Gasteiger partial charge in [-0.3, -0.25) is 9.69 Å². The maximum absolute atomic E-state index is 12.1. The van der Waals surface area contributed by atoms with Crippen LogP contribution in [0.25, 0.3) is 0 Å². The Hall–Kier alpha value is -1.43. The summed E-state index contributed by atoms with van der Waals surface area (Å²) in [4.78, 5) is 14.4. The molecule has 2 rings (SSSR count). The van der Waals surface area contributed by atoms with Crippen molar-refractivity contribution in [1.82, 2.24) is 10.2 Å². The standard InChI is InChI=1S/C17H26N2O3/c1-14(19-8-10-21-11-9-19)12-18-17(20)15(2)22-13-16-6-4-3-5-7-16/h3-7,14-15H,8-13H2,1-2H3,(H,18,20)/t14-,15-/m1/s1. The number of hydrogen-bond donors (Lipinski definition) is 1. The fraction of sp³-hybridized carbons (Fsp3) is 0.588. The highest BCUT2D eigenvalue weighted by molar-refractivity contribution is 5.80. The number of rotatable bonds is 7. The third-order valence-electron chi connectivity index (χ3n) is 3.95. The highest BCUT2D eigenvalue weighted by Crippen LogP contribution is 2.05. The van der Waals surface area contributed by atoms with Crippen molar-refractivity contribution in [3.05, 3.63) is 35.9 Å². The molecule has 0 bridgehead atoms. The number of carbonyl (C=O) groups is 1. The molecule has 2 atom stereocenters. The molecule has 0 aromatic heterocycles. The van der Waals surface area contributed by atoms with Crippen LogP contribution < -0.4 is 5.32 Å². The number of nitrogens with zero attached hydrogens (tertiary/aromatic N) is 1. The molecule has 1 amide bonds. The van der Waals surface area contributed by atoms with Gasteiger partial charge >= 0.3 is 0 Å². The average Bonchev–Trinajstić information content (AvgIpc) is 2.58. The van der Waals surface area contributed by atoms with Gasteiger partial charge in [0.05, 0.1) is 19.8 Å². The van der Waals surface area contributed by atoms with Gasteiger partial charge in [-0.15, -0.1) is 0 Å². The highest BCUT2D eigenvalue weighted by Gasteiger charge is 2.19. The zero-order valence-electron chi connectivity index (χ0n) is 13.5. The number of nitrogens with one attached hydrogen (secondary N) is 1. The Morgan fingerprint density at radius 2 is 1.95 bits per heavy atom. The summed E-state index contributed by atoms with van der Waals surface area (Å²) in [5.41, 5.74) is 1.07. The minimum atomic E-state index is -0.447. The fourth-order valence-electron chi connectivity index (χ4n) is 2.41. The van der Waals surface area contributed by atoms with E-state index < -0.39 is 6.10 Å². The van der Waals surface area contributed by atoms with Gasteiger partial charge < -0.3 is 14.8 Å². The second kappa shape index (κ2) is 8.88. The van der Waals surface area contributed by atoms with Gasteiger partial charge in [-0.1, -0.05) is 30.3 Å². The molecule has 1 N–H and O–H groups in total. The van der Waals surface area contributed by atoms with Gasteiger partial charge in [-0.05, 0) is 19.4 Å². The molecule has 5 nitrogen and oxygen atoms in total. The number of ether oxygens (including phenoxy) is 2. The van der Waals surface area contributed by atoms with Crippen molar-refractivity contribution >= 4 is 5.91 Å². The van der Waals surface area contributed by atoms with Crippen molar-refractivity contribution in [2.24, 2.45) is 0 Å². The summed E-state index contributed by atoms with van der Waals surface area (Å²) < 4.78 is 11.0. The Balaban J connectivity index is 1.67. The van der Waals surface area contributed by atoms with Crippen LogP contribution in [0, 0.1) is 0 Å². The zero-order chi connectivity index (χ0) is 15.8. The maximum Gasteiger partial charge on any atom is 0.248 e. The summed E-state index contributed by atoms with van der Waals surface area (Å²) in [7, 11) is 0. The third-order valence-corrected chi connectivity index (χ3v) is 3.95. The number of amides is 1. The molecule has 1 aliphatic rings. The van der Waals surface area contributed by atoms with E-state index in [1.807, 2.05) is 30.3 Å². The highest BCUT2D eigenvalue weighted by atomic mass is 16.5. The van der Waals surface area contributed by atoms with E-state index in [9.17, 15) is 4.79 Å². The summed E-state index contributed by atoms with van der Waals surface area (Å²) >= 11 is 0. The normalized spacial score (nSPS) is 18.6. The first-order chi connectivity index (χ1) is 10.7. The predicted octanol–water partition coefficient (Wildman–Crippen LogP) is 1.43. The molecule has 5 heteroatoms. The van der Waals surface area contributed by atoms with E-state index in [1.165, 1.54) is 0 Å². The molecule has 122 valence electrons. The van der Waals surface area contributed by atoms with E-state index in [1.54, 1.807) is 6.92 Å². The van der Waals surface area contributed by atoms with Crippen molar-refractivity contribution < 1.29 is 14.3 Å². The van der Waals surface area contributed by atoms with Crippen molar-refractivity contribution in [1.29, 1.82) is 0 Å². The van der Waals surface area contributed by atoms with Crippen LogP contribution in [0.5, 0.6) is 0 Å². The van der Waals surface area contributed by atoms with Crippen LogP contribution in [-0.2, 0) is 20.9 Å². The van der Waals surface area contributed by atoms with Gasteiger partial charge in [-0.25, -0.2) is 0 Å². The first kappa shape index (κ1) is 16.9. The second-order valence-corrected chi connectivity index (χ2v) is 5.68. The Morgan fingerprint density at radius 1 is 1.27 bits per heavy atom. The number of carbonyl (C=O) groups excluding carboxylic acids is 1. The van der Waals surface area contributed by atoms with Crippen LogP contribution >= 0.6 is 0 Å². The number of benzene rings is 1. The predicted molar refractivity (Wildman–Crippen MR) is 85.6 cm³/mol. The quantitative estimate of drug-likeness (QED) is 0.828. The first-order valence-corrected chi connectivity index (χ1v) is 7.92. The largest absolute Gasteiger partial charge is 0.379 e. The molecular weight excluding hydrogens is 280 g/mol. The van der Waals surface area contributed by atoms with E-state index in [4.69, 9.17) is 9.47 Å². The van der Waals surface area contributed by atoms with E-state index in [-0.39, 0.29) is 5.91 Å². The molecule has 1 aromatic carbocycles. The molecule has 1 saturated heterocycles. The molecule has 1 aliphatic heterocycles. The van der Waals surface area contributed by atoms with Crippen LogP contribution in [0.15, 0.2) is 30.3 Å². The van der Waals surface area contributed by atoms with Gasteiger partial charge in [0.2, 0.25) is 5.91 Å². The maximum atomic E-state index is 12.1. The molecule has 0 aliphatic carbocycles. The van der Waals surface area contributed by atoms with Crippen LogP contribution in [0.3, 0.4) is 0 Å². The van der Waals surface area contributed by atoms with Crippen LogP contribution in [0.2, 0.25) is 0 Å². The second-order valence-electron chi connectivity index (χ2n) is 5.68. The smallest absolute Gasteiger partial charge is 0.248 e. The van der Waals surface area contributed by atoms with E-state index in [2.05, 4.69) is 17.1 Å². The Labute approximate surface area is 132 Å². The minimum Gasteiger partial charge on any atom is -0.379 e. The van der Waals surface area contributed by atoms with Gasteiger partial charge in [-0.2, -0.15) is 0 Å².